The molecule has 34 heavy (non-hydrogen) atoms. The molecule has 172 valence electrons. The molecule has 4 aromatic rings. The SMILES string of the molecule is Cc1nc(N/C=C/c2ccc(Nc3cccc(C(F)(F)F)c3)cn2)nc2c(C3CC3)cccc12. The number of rotatable bonds is 6. The van der Waals surface area contributed by atoms with Gasteiger partial charge in [0.1, 0.15) is 0 Å². The molecule has 2 N–H and O–H groups in total. The lowest BCUT2D eigenvalue weighted by Gasteiger charge is -2.10. The van der Waals surface area contributed by atoms with E-state index in [1.807, 2.05) is 6.92 Å². The molecule has 1 saturated carbocycles. The molecule has 0 bridgehead atoms. The number of aromatic nitrogens is 3. The number of anilines is 3. The summed E-state index contributed by atoms with van der Waals surface area (Å²) in [5.41, 5.74) is 4.11. The van der Waals surface area contributed by atoms with E-state index in [9.17, 15) is 13.2 Å². The number of pyridine rings is 1. The second-order valence-corrected chi connectivity index (χ2v) is 8.30. The van der Waals surface area contributed by atoms with Crippen LogP contribution in [0.2, 0.25) is 0 Å². The van der Waals surface area contributed by atoms with E-state index in [2.05, 4.69) is 38.8 Å². The summed E-state index contributed by atoms with van der Waals surface area (Å²) < 4.78 is 38.7. The molecule has 2 aromatic heterocycles. The summed E-state index contributed by atoms with van der Waals surface area (Å²) in [7, 11) is 0. The lowest BCUT2D eigenvalue weighted by Crippen LogP contribution is -2.05. The van der Waals surface area contributed by atoms with Crippen LogP contribution >= 0.6 is 0 Å². The minimum atomic E-state index is -4.38. The summed E-state index contributed by atoms with van der Waals surface area (Å²) in [6, 6.07) is 14.8. The molecular formula is C26H22F3N5. The molecule has 0 saturated heterocycles. The van der Waals surface area contributed by atoms with E-state index in [4.69, 9.17) is 4.98 Å². The van der Waals surface area contributed by atoms with Gasteiger partial charge in [0.2, 0.25) is 5.95 Å². The van der Waals surface area contributed by atoms with Crippen molar-refractivity contribution in [3.05, 3.63) is 89.5 Å². The summed E-state index contributed by atoms with van der Waals surface area (Å²) in [5.74, 6) is 1.12. The first kappa shape index (κ1) is 21.9. The van der Waals surface area contributed by atoms with Gasteiger partial charge in [-0.25, -0.2) is 9.97 Å². The van der Waals surface area contributed by atoms with Crippen molar-refractivity contribution in [2.75, 3.05) is 10.6 Å². The van der Waals surface area contributed by atoms with Crippen LogP contribution in [0.3, 0.4) is 0 Å². The maximum Gasteiger partial charge on any atom is 0.416 e. The molecule has 2 aromatic carbocycles. The lowest BCUT2D eigenvalue weighted by atomic mass is 10.1. The molecule has 1 aliphatic rings. The van der Waals surface area contributed by atoms with Gasteiger partial charge in [0, 0.05) is 17.3 Å². The third kappa shape index (κ3) is 4.85. The monoisotopic (exact) mass is 461 g/mol. The lowest BCUT2D eigenvalue weighted by molar-refractivity contribution is -0.137. The molecular weight excluding hydrogens is 439 g/mol. The minimum absolute atomic E-state index is 0.343. The van der Waals surface area contributed by atoms with E-state index >= 15 is 0 Å². The molecule has 2 heterocycles. The summed E-state index contributed by atoms with van der Waals surface area (Å²) in [4.78, 5) is 13.6. The van der Waals surface area contributed by atoms with Gasteiger partial charge in [-0.15, -0.1) is 0 Å². The number of hydrogen-bond acceptors (Lipinski definition) is 5. The van der Waals surface area contributed by atoms with E-state index in [-0.39, 0.29) is 0 Å². The smallest absolute Gasteiger partial charge is 0.354 e. The molecule has 1 fully saturated rings. The Kier molecular flexibility index (Phi) is 5.65. The first-order chi connectivity index (χ1) is 16.4. The van der Waals surface area contributed by atoms with Crippen molar-refractivity contribution in [1.29, 1.82) is 0 Å². The second-order valence-electron chi connectivity index (χ2n) is 8.30. The van der Waals surface area contributed by atoms with E-state index < -0.39 is 11.7 Å². The highest BCUT2D eigenvalue weighted by atomic mass is 19.4. The molecule has 5 rings (SSSR count). The summed E-state index contributed by atoms with van der Waals surface area (Å²) >= 11 is 0. The van der Waals surface area contributed by atoms with Crippen LogP contribution in [0, 0.1) is 6.92 Å². The quantitative estimate of drug-likeness (QED) is 0.322. The predicted octanol–water partition coefficient (Wildman–Crippen LogP) is 7.06. The average molecular weight is 461 g/mol. The number of nitrogens with one attached hydrogen (secondary N) is 2. The molecule has 0 radical (unpaired) electrons. The van der Waals surface area contributed by atoms with Gasteiger partial charge in [0.15, 0.2) is 0 Å². The van der Waals surface area contributed by atoms with Crippen LogP contribution in [0.5, 0.6) is 0 Å². The molecule has 1 aliphatic carbocycles. The van der Waals surface area contributed by atoms with Crippen LogP contribution in [0.15, 0.2) is 67.0 Å². The molecule has 8 heteroatoms. The summed E-state index contributed by atoms with van der Waals surface area (Å²) in [6.07, 6.45) is 3.10. The standard InChI is InChI=1S/C26H22F3N5/c1-16-22-6-3-7-23(17-8-9-17)24(22)34-25(32-16)30-13-12-19-10-11-21(15-31-19)33-20-5-2-4-18(14-20)26(27,28)29/h2-7,10-15,17,33H,8-9H2,1H3,(H,30,32,34)/b13-12+. The Labute approximate surface area is 194 Å². The number of halogens is 3. The molecule has 0 aliphatic heterocycles. The van der Waals surface area contributed by atoms with Gasteiger partial charge in [-0.1, -0.05) is 24.3 Å². The van der Waals surface area contributed by atoms with E-state index in [1.54, 1.807) is 36.7 Å². The fraction of sp³-hybridized carbons (Fsp3) is 0.192. The maximum atomic E-state index is 12.9. The number of fused-ring (bicyclic) bond motifs is 1. The highest BCUT2D eigenvalue weighted by molar-refractivity contribution is 5.85. The zero-order valence-corrected chi connectivity index (χ0v) is 18.4. The number of hydrogen-bond donors (Lipinski definition) is 2. The Hall–Kier alpha value is -3.94. The fourth-order valence-corrected chi connectivity index (χ4v) is 3.84. The predicted molar refractivity (Wildman–Crippen MR) is 128 cm³/mol. The summed E-state index contributed by atoms with van der Waals surface area (Å²) in [5, 5.41) is 7.14. The zero-order valence-electron chi connectivity index (χ0n) is 18.4. The van der Waals surface area contributed by atoms with E-state index in [0.717, 1.165) is 28.7 Å². The second kappa shape index (κ2) is 8.78. The van der Waals surface area contributed by atoms with Gasteiger partial charge in [-0.3, -0.25) is 4.98 Å². The van der Waals surface area contributed by atoms with Gasteiger partial charge in [-0.2, -0.15) is 13.2 Å². The molecule has 0 atom stereocenters. The van der Waals surface area contributed by atoms with Gasteiger partial charge >= 0.3 is 6.18 Å². The molecule has 0 unspecified atom stereocenters. The number of aryl methyl sites for hydroxylation is 1. The van der Waals surface area contributed by atoms with Gasteiger partial charge in [0.25, 0.3) is 0 Å². The minimum Gasteiger partial charge on any atom is -0.354 e. The third-order valence-electron chi connectivity index (χ3n) is 5.70. The van der Waals surface area contributed by atoms with Crippen molar-refractivity contribution in [2.45, 2.75) is 31.9 Å². The van der Waals surface area contributed by atoms with Crippen LogP contribution in [0.4, 0.5) is 30.5 Å². The van der Waals surface area contributed by atoms with E-state index in [0.29, 0.717) is 28.9 Å². The Morgan fingerprint density at radius 1 is 0.971 bits per heavy atom. The molecule has 0 spiro atoms. The average Bonchev–Trinajstić information content (AvgIpc) is 3.65. The number of para-hydroxylation sites is 1. The van der Waals surface area contributed by atoms with Crippen molar-refractivity contribution in [1.82, 2.24) is 15.0 Å². The van der Waals surface area contributed by atoms with Crippen LogP contribution in [0.1, 0.15) is 41.3 Å². The first-order valence-corrected chi connectivity index (χ1v) is 11.0. The number of alkyl halides is 3. The topological polar surface area (TPSA) is 62.7 Å². The summed E-state index contributed by atoms with van der Waals surface area (Å²) in [6.45, 7) is 1.98. The Balaban J connectivity index is 1.27. The largest absolute Gasteiger partial charge is 0.416 e. The van der Waals surface area contributed by atoms with Crippen molar-refractivity contribution in [3.63, 3.8) is 0 Å². The van der Waals surface area contributed by atoms with Crippen molar-refractivity contribution in [3.8, 4) is 0 Å². The zero-order chi connectivity index (χ0) is 23.7. The first-order valence-electron chi connectivity index (χ1n) is 11.0. The van der Waals surface area contributed by atoms with Crippen molar-refractivity contribution < 1.29 is 13.2 Å². The maximum absolute atomic E-state index is 12.9. The molecule has 5 nitrogen and oxygen atoms in total. The van der Waals surface area contributed by atoms with Crippen LogP contribution < -0.4 is 10.6 Å². The Morgan fingerprint density at radius 2 is 1.79 bits per heavy atom. The fourth-order valence-electron chi connectivity index (χ4n) is 3.84. The van der Waals surface area contributed by atoms with Gasteiger partial charge in [0.05, 0.1) is 34.4 Å². The van der Waals surface area contributed by atoms with E-state index in [1.165, 1.54) is 24.5 Å². The van der Waals surface area contributed by atoms with Crippen LogP contribution in [0.25, 0.3) is 17.0 Å². The normalized spacial score (nSPS) is 14.0. The Bertz CT molecular complexity index is 1360. The van der Waals surface area contributed by atoms with Gasteiger partial charge < -0.3 is 10.6 Å². The van der Waals surface area contributed by atoms with Crippen LogP contribution in [-0.2, 0) is 6.18 Å². The highest BCUT2D eigenvalue weighted by Crippen LogP contribution is 2.43. The Morgan fingerprint density at radius 3 is 2.53 bits per heavy atom. The highest BCUT2D eigenvalue weighted by Gasteiger charge is 2.30. The van der Waals surface area contributed by atoms with Crippen LogP contribution in [-0.4, -0.2) is 15.0 Å². The van der Waals surface area contributed by atoms with Crippen molar-refractivity contribution in [2.24, 2.45) is 0 Å². The number of benzene rings is 2. The number of nitrogens with zero attached hydrogens (tertiary/aromatic N) is 3. The molecule has 0 amide bonds. The van der Waals surface area contributed by atoms with Gasteiger partial charge in [-0.05, 0) is 67.7 Å². The third-order valence-corrected chi connectivity index (χ3v) is 5.70. The van der Waals surface area contributed by atoms with Crippen molar-refractivity contribution >= 4 is 34.3 Å².